The van der Waals surface area contributed by atoms with Crippen LogP contribution in [0.5, 0.6) is 0 Å². The van der Waals surface area contributed by atoms with Gasteiger partial charge in [-0.05, 0) is 11.5 Å². The number of benzene rings is 1. The van der Waals surface area contributed by atoms with E-state index in [1.165, 1.54) is 0 Å². The maximum absolute atomic E-state index is 10.9. The molecule has 0 aromatic heterocycles. The highest BCUT2D eigenvalue weighted by Gasteiger charge is 2.21. The van der Waals surface area contributed by atoms with Gasteiger partial charge in [0.2, 0.25) is 0 Å². The van der Waals surface area contributed by atoms with E-state index in [4.69, 9.17) is 4.55 Å². The second-order valence-corrected chi connectivity index (χ2v) is 5.51. The lowest BCUT2D eigenvalue weighted by atomic mass is 9.90. The van der Waals surface area contributed by atoms with E-state index in [0.717, 1.165) is 5.56 Å². The molecule has 1 aromatic carbocycles. The Hall–Kier alpha value is -0.870. The zero-order valence-corrected chi connectivity index (χ0v) is 9.74. The lowest BCUT2D eigenvalue weighted by Crippen LogP contribution is -2.18. The Morgan fingerprint density at radius 1 is 1.20 bits per heavy atom. The van der Waals surface area contributed by atoms with Crippen LogP contribution in [0.1, 0.15) is 25.3 Å². The molecule has 1 N–H and O–H groups in total. The van der Waals surface area contributed by atoms with E-state index in [1.54, 1.807) is 0 Å². The van der Waals surface area contributed by atoms with E-state index in [0.29, 0.717) is 0 Å². The fourth-order valence-corrected chi connectivity index (χ4v) is 2.63. The average molecular weight is 228 g/mol. The normalized spacial score (nSPS) is 14.1. The topological polar surface area (TPSA) is 54.4 Å². The lowest BCUT2D eigenvalue weighted by molar-refractivity contribution is 0.458. The molecule has 1 aromatic rings. The molecule has 1 unspecified atom stereocenters. The summed E-state index contributed by atoms with van der Waals surface area (Å²) in [6, 6.07) is 9.39. The summed E-state index contributed by atoms with van der Waals surface area (Å²) >= 11 is 0. The maximum atomic E-state index is 10.9. The van der Waals surface area contributed by atoms with Crippen molar-refractivity contribution in [3.63, 3.8) is 0 Å². The fraction of sp³-hybridized carbons (Fsp3) is 0.455. The molecule has 0 fully saturated rings. The molecule has 0 bridgehead atoms. The highest BCUT2D eigenvalue weighted by molar-refractivity contribution is 7.85. The first-order chi connectivity index (χ1) is 6.90. The lowest BCUT2D eigenvalue weighted by Gasteiger charge is -2.19. The molecular weight excluding hydrogens is 212 g/mol. The van der Waals surface area contributed by atoms with E-state index < -0.39 is 10.1 Å². The summed E-state index contributed by atoms with van der Waals surface area (Å²) < 4.78 is 30.6. The smallest absolute Gasteiger partial charge is 0.265 e. The molecule has 0 amide bonds. The minimum Gasteiger partial charge on any atom is -0.286 e. The van der Waals surface area contributed by atoms with Crippen molar-refractivity contribution in [2.24, 2.45) is 5.92 Å². The number of rotatable bonds is 4. The third-order valence-corrected chi connectivity index (χ3v) is 3.20. The van der Waals surface area contributed by atoms with Crippen LogP contribution >= 0.6 is 0 Å². The van der Waals surface area contributed by atoms with Crippen molar-refractivity contribution in [1.29, 1.82) is 0 Å². The van der Waals surface area contributed by atoms with Crippen molar-refractivity contribution in [2.45, 2.75) is 19.8 Å². The Balaban J connectivity index is 2.95. The predicted octanol–water partition coefficient (Wildman–Crippen LogP) is 2.31. The Morgan fingerprint density at radius 3 is 2.13 bits per heavy atom. The van der Waals surface area contributed by atoms with Crippen LogP contribution in [0.3, 0.4) is 0 Å². The van der Waals surface area contributed by atoms with Gasteiger partial charge in [0.05, 0.1) is 5.75 Å². The van der Waals surface area contributed by atoms with Crippen LogP contribution in [0.25, 0.3) is 0 Å². The fourth-order valence-electron chi connectivity index (χ4n) is 1.60. The summed E-state index contributed by atoms with van der Waals surface area (Å²) in [5, 5.41) is 0. The van der Waals surface area contributed by atoms with Crippen LogP contribution in [-0.4, -0.2) is 18.7 Å². The molecule has 0 aliphatic heterocycles. The summed E-state index contributed by atoms with van der Waals surface area (Å²) in [5.41, 5.74) is 0.949. The number of hydrogen-bond donors (Lipinski definition) is 1. The highest BCUT2D eigenvalue weighted by atomic mass is 32.2. The van der Waals surface area contributed by atoms with E-state index in [-0.39, 0.29) is 17.6 Å². The van der Waals surface area contributed by atoms with Crippen LogP contribution in [0.15, 0.2) is 30.3 Å². The average Bonchev–Trinajstić information content (AvgIpc) is 2.14. The van der Waals surface area contributed by atoms with Crippen LogP contribution in [0.4, 0.5) is 0 Å². The summed E-state index contributed by atoms with van der Waals surface area (Å²) in [7, 11) is -3.92. The standard InChI is InChI=1S/C11H16O3S/c1-9(2)11(8-15(12,13)14)10-6-4-3-5-7-10/h3-7,9,11H,8H2,1-2H3,(H,12,13,14). The SMILES string of the molecule is CC(C)C(CS(=O)(=O)O)c1ccccc1. The van der Waals surface area contributed by atoms with Gasteiger partial charge in [-0.25, -0.2) is 0 Å². The number of hydrogen-bond acceptors (Lipinski definition) is 2. The minimum atomic E-state index is -3.92. The van der Waals surface area contributed by atoms with Gasteiger partial charge in [-0.1, -0.05) is 44.2 Å². The molecule has 0 aliphatic carbocycles. The quantitative estimate of drug-likeness (QED) is 0.805. The van der Waals surface area contributed by atoms with Crippen molar-refractivity contribution in [3.8, 4) is 0 Å². The molecule has 0 saturated heterocycles. The van der Waals surface area contributed by atoms with E-state index in [9.17, 15) is 8.42 Å². The van der Waals surface area contributed by atoms with Crippen LogP contribution in [0.2, 0.25) is 0 Å². The van der Waals surface area contributed by atoms with Gasteiger partial charge in [0, 0.05) is 5.92 Å². The monoisotopic (exact) mass is 228 g/mol. The van der Waals surface area contributed by atoms with Gasteiger partial charge >= 0.3 is 0 Å². The molecule has 3 nitrogen and oxygen atoms in total. The van der Waals surface area contributed by atoms with Gasteiger partial charge in [-0.2, -0.15) is 8.42 Å². The minimum absolute atomic E-state index is 0.152. The van der Waals surface area contributed by atoms with Crippen molar-refractivity contribution in [3.05, 3.63) is 35.9 Å². The van der Waals surface area contributed by atoms with Crippen molar-refractivity contribution in [1.82, 2.24) is 0 Å². The first-order valence-corrected chi connectivity index (χ1v) is 6.51. The molecule has 15 heavy (non-hydrogen) atoms. The van der Waals surface area contributed by atoms with Crippen molar-refractivity contribution in [2.75, 3.05) is 5.75 Å². The summed E-state index contributed by atoms with van der Waals surface area (Å²) in [4.78, 5) is 0. The Bertz CT molecular complexity index is 395. The molecule has 0 spiro atoms. The Morgan fingerprint density at radius 2 is 1.73 bits per heavy atom. The summed E-state index contributed by atoms with van der Waals surface area (Å²) in [6.07, 6.45) is 0. The molecule has 1 rings (SSSR count). The Labute approximate surface area is 90.9 Å². The van der Waals surface area contributed by atoms with Gasteiger partial charge in [0.1, 0.15) is 0 Å². The molecule has 1 atom stereocenters. The van der Waals surface area contributed by atoms with Gasteiger partial charge < -0.3 is 0 Å². The van der Waals surface area contributed by atoms with Gasteiger partial charge in [0.25, 0.3) is 10.1 Å². The Kier molecular flexibility index (Phi) is 3.88. The molecule has 0 heterocycles. The molecule has 0 saturated carbocycles. The molecular formula is C11H16O3S. The second kappa shape index (κ2) is 4.77. The molecule has 0 radical (unpaired) electrons. The molecule has 84 valence electrons. The zero-order valence-electron chi connectivity index (χ0n) is 8.92. The second-order valence-electron chi connectivity index (χ2n) is 4.01. The summed E-state index contributed by atoms with van der Waals surface area (Å²) in [6.45, 7) is 3.89. The highest BCUT2D eigenvalue weighted by Crippen LogP contribution is 2.25. The maximum Gasteiger partial charge on any atom is 0.265 e. The van der Waals surface area contributed by atoms with Crippen LogP contribution < -0.4 is 0 Å². The third-order valence-electron chi connectivity index (χ3n) is 2.42. The largest absolute Gasteiger partial charge is 0.286 e. The zero-order chi connectivity index (χ0) is 11.5. The molecule has 0 aliphatic rings. The first-order valence-electron chi connectivity index (χ1n) is 4.90. The van der Waals surface area contributed by atoms with Gasteiger partial charge in [-0.15, -0.1) is 0 Å². The molecule has 4 heteroatoms. The van der Waals surface area contributed by atoms with Crippen LogP contribution in [-0.2, 0) is 10.1 Å². The van der Waals surface area contributed by atoms with E-state index in [1.807, 2.05) is 44.2 Å². The van der Waals surface area contributed by atoms with Crippen molar-refractivity contribution >= 4 is 10.1 Å². The van der Waals surface area contributed by atoms with Crippen LogP contribution in [0, 0.1) is 5.92 Å². The summed E-state index contributed by atoms with van der Waals surface area (Å²) in [5.74, 6) is -0.190. The third kappa shape index (κ3) is 4.01. The van der Waals surface area contributed by atoms with E-state index >= 15 is 0 Å². The predicted molar refractivity (Wildman–Crippen MR) is 60.4 cm³/mol. The first kappa shape index (κ1) is 12.2. The van der Waals surface area contributed by atoms with Crippen molar-refractivity contribution < 1.29 is 13.0 Å². The van der Waals surface area contributed by atoms with Gasteiger partial charge in [0.15, 0.2) is 0 Å². The van der Waals surface area contributed by atoms with E-state index in [2.05, 4.69) is 0 Å². The van der Waals surface area contributed by atoms with Gasteiger partial charge in [-0.3, -0.25) is 4.55 Å².